The Morgan fingerprint density at radius 1 is 1.41 bits per heavy atom. The second-order valence-corrected chi connectivity index (χ2v) is 5.93. The number of anilines is 1. The van der Waals surface area contributed by atoms with Crippen molar-refractivity contribution in [3.8, 4) is 0 Å². The van der Waals surface area contributed by atoms with Gasteiger partial charge < -0.3 is 10.0 Å². The summed E-state index contributed by atoms with van der Waals surface area (Å²) in [5.74, 6) is -0.366. The highest BCUT2D eigenvalue weighted by Gasteiger charge is 2.19. The van der Waals surface area contributed by atoms with Crippen LogP contribution in [0.15, 0.2) is 6.20 Å². The molecule has 2 amide bonds. The normalized spacial score (nSPS) is 15.5. The van der Waals surface area contributed by atoms with Crippen LogP contribution in [0.5, 0.6) is 0 Å². The Bertz CT molecular complexity index is 535. The highest BCUT2D eigenvalue weighted by molar-refractivity contribution is 5.89. The summed E-state index contributed by atoms with van der Waals surface area (Å²) in [6.07, 6.45) is 7.91. The van der Waals surface area contributed by atoms with Gasteiger partial charge in [0.2, 0.25) is 0 Å². The monoisotopic (exact) mass is 308 g/mol. The van der Waals surface area contributed by atoms with Gasteiger partial charge in [-0.3, -0.25) is 14.8 Å². The van der Waals surface area contributed by atoms with Crippen molar-refractivity contribution in [2.24, 2.45) is 0 Å². The topological polar surface area (TPSA) is 87.5 Å². The third kappa shape index (κ3) is 4.22. The van der Waals surface area contributed by atoms with Crippen molar-refractivity contribution < 1.29 is 14.7 Å². The molecule has 1 fully saturated rings. The van der Waals surface area contributed by atoms with Crippen LogP contribution in [0, 0.1) is 6.92 Å². The Morgan fingerprint density at radius 2 is 2.09 bits per heavy atom. The van der Waals surface area contributed by atoms with Crippen molar-refractivity contribution in [1.29, 1.82) is 0 Å². The zero-order chi connectivity index (χ0) is 16.1. The number of aromatic nitrogens is 2. The van der Waals surface area contributed by atoms with Crippen molar-refractivity contribution in [3.05, 3.63) is 11.8 Å². The molecule has 1 saturated carbocycles. The molecule has 0 aromatic carbocycles. The molecule has 0 unspecified atom stereocenters. The number of aliphatic carboxylic acids is 1. The zero-order valence-electron chi connectivity index (χ0n) is 13.2. The van der Waals surface area contributed by atoms with Crippen LogP contribution in [-0.4, -0.2) is 45.4 Å². The van der Waals surface area contributed by atoms with Crippen LogP contribution in [0.25, 0.3) is 0 Å². The first-order valence-electron chi connectivity index (χ1n) is 7.77. The van der Waals surface area contributed by atoms with Crippen molar-refractivity contribution >= 4 is 17.8 Å². The van der Waals surface area contributed by atoms with Crippen molar-refractivity contribution in [2.45, 2.75) is 51.5 Å². The number of nitrogens with one attached hydrogen (secondary N) is 1. The Kier molecular flexibility index (Phi) is 5.41. The largest absolute Gasteiger partial charge is 0.481 e. The molecule has 1 aromatic heterocycles. The smallest absolute Gasteiger partial charge is 0.322 e. The highest BCUT2D eigenvalue weighted by Crippen LogP contribution is 2.29. The molecule has 0 aliphatic heterocycles. The first-order chi connectivity index (χ1) is 10.5. The fourth-order valence-corrected chi connectivity index (χ4v) is 2.70. The second kappa shape index (κ2) is 7.29. The molecule has 2 rings (SSSR count). The average molecular weight is 308 g/mol. The van der Waals surface area contributed by atoms with Gasteiger partial charge in [-0.05, 0) is 19.8 Å². The number of hydrogen-bond acceptors (Lipinski definition) is 3. The number of rotatable bonds is 5. The fraction of sp³-hybridized carbons (Fsp3) is 0.667. The second-order valence-electron chi connectivity index (χ2n) is 5.93. The van der Waals surface area contributed by atoms with Crippen molar-refractivity contribution in [1.82, 2.24) is 14.7 Å². The van der Waals surface area contributed by atoms with Gasteiger partial charge in [0.25, 0.3) is 0 Å². The minimum absolute atomic E-state index is 0.0700. The third-order valence-electron chi connectivity index (χ3n) is 4.10. The standard InChI is InChI=1S/C15H24N4O3/c1-11-10-19(12-6-4-3-5-7-12)17-14(11)16-15(22)18(2)9-8-13(20)21/h10,12H,3-9H2,1-2H3,(H,20,21)(H,16,17,22). The van der Waals surface area contributed by atoms with E-state index in [0.717, 1.165) is 18.4 Å². The quantitative estimate of drug-likeness (QED) is 0.875. The predicted molar refractivity (Wildman–Crippen MR) is 83.0 cm³/mol. The van der Waals surface area contributed by atoms with Crippen LogP contribution >= 0.6 is 0 Å². The number of urea groups is 1. The summed E-state index contributed by atoms with van der Waals surface area (Å²) in [5.41, 5.74) is 0.922. The molecule has 7 nitrogen and oxygen atoms in total. The summed E-state index contributed by atoms with van der Waals surface area (Å²) in [5, 5.41) is 15.9. The number of carboxylic acid groups (broad SMARTS) is 1. The van der Waals surface area contributed by atoms with Crippen LogP contribution < -0.4 is 5.32 Å². The number of hydrogen-bond donors (Lipinski definition) is 2. The molecule has 0 saturated heterocycles. The maximum Gasteiger partial charge on any atom is 0.322 e. The molecule has 22 heavy (non-hydrogen) atoms. The Hall–Kier alpha value is -2.05. The lowest BCUT2D eigenvalue weighted by Gasteiger charge is -2.21. The first-order valence-corrected chi connectivity index (χ1v) is 7.77. The molecule has 1 aliphatic carbocycles. The molecule has 1 aromatic rings. The summed E-state index contributed by atoms with van der Waals surface area (Å²) < 4.78 is 1.96. The Morgan fingerprint density at radius 3 is 2.73 bits per heavy atom. The summed E-state index contributed by atoms with van der Waals surface area (Å²) in [6.45, 7) is 2.09. The summed E-state index contributed by atoms with van der Waals surface area (Å²) in [4.78, 5) is 23.9. The number of carbonyl (C=O) groups is 2. The molecular formula is C15H24N4O3. The Balaban J connectivity index is 1.95. The number of amides is 2. The van der Waals surface area contributed by atoms with Gasteiger partial charge in [0.1, 0.15) is 0 Å². The van der Waals surface area contributed by atoms with Crippen LogP contribution in [0.3, 0.4) is 0 Å². The molecular weight excluding hydrogens is 284 g/mol. The minimum Gasteiger partial charge on any atom is -0.481 e. The minimum atomic E-state index is -0.919. The molecule has 1 aliphatic rings. The van der Waals surface area contributed by atoms with Gasteiger partial charge in [0.15, 0.2) is 5.82 Å². The Labute approximate surface area is 130 Å². The van der Waals surface area contributed by atoms with E-state index in [1.54, 1.807) is 7.05 Å². The van der Waals surface area contributed by atoms with Gasteiger partial charge in [-0.2, -0.15) is 5.10 Å². The van der Waals surface area contributed by atoms with E-state index in [1.807, 2.05) is 17.8 Å². The van der Waals surface area contributed by atoms with Crippen LogP contribution in [0.2, 0.25) is 0 Å². The lowest BCUT2D eigenvalue weighted by atomic mass is 9.96. The van der Waals surface area contributed by atoms with Gasteiger partial charge >= 0.3 is 12.0 Å². The molecule has 1 heterocycles. The highest BCUT2D eigenvalue weighted by atomic mass is 16.4. The van der Waals surface area contributed by atoms with E-state index in [1.165, 1.54) is 24.2 Å². The average Bonchev–Trinajstić information content (AvgIpc) is 2.86. The first kappa shape index (κ1) is 16.3. The molecule has 0 atom stereocenters. The number of aryl methyl sites for hydroxylation is 1. The molecule has 2 N–H and O–H groups in total. The van der Waals surface area contributed by atoms with E-state index >= 15 is 0 Å². The number of carbonyl (C=O) groups excluding carboxylic acids is 1. The van der Waals surface area contributed by atoms with Gasteiger partial charge in [-0.15, -0.1) is 0 Å². The summed E-state index contributed by atoms with van der Waals surface area (Å²) >= 11 is 0. The zero-order valence-corrected chi connectivity index (χ0v) is 13.2. The van der Waals surface area contributed by atoms with E-state index in [-0.39, 0.29) is 19.0 Å². The maximum atomic E-state index is 12.0. The molecule has 0 spiro atoms. The van der Waals surface area contributed by atoms with Crippen LogP contribution in [0.4, 0.5) is 10.6 Å². The fourth-order valence-electron chi connectivity index (χ4n) is 2.70. The third-order valence-corrected chi connectivity index (χ3v) is 4.10. The van der Waals surface area contributed by atoms with Crippen LogP contribution in [-0.2, 0) is 4.79 Å². The van der Waals surface area contributed by atoms with Crippen molar-refractivity contribution in [2.75, 3.05) is 18.9 Å². The summed E-state index contributed by atoms with van der Waals surface area (Å²) in [7, 11) is 1.58. The number of carboxylic acids is 1. The molecule has 0 bridgehead atoms. The van der Waals surface area contributed by atoms with Gasteiger partial charge in [-0.1, -0.05) is 19.3 Å². The lowest BCUT2D eigenvalue weighted by Crippen LogP contribution is -2.33. The number of nitrogens with zero attached hydrogens (tertiary/aromatic N) is 3. The van der Waals surface area contributed by atoms with Gasteiger partial charge in [0.05, 0.1) is 12.5 Å². The predicted octanol–water partition coefficient (Wildman–Crippen LogP) is 2.64. The molecule has 122 valence electrons. The van der Waals surface area contributed by atoms with E-state index < -0.39 is 5.97 Å². The van der Waals surface area contributed by atoms with Gasteiger partial charge in [0, 0.05) is 25.4 Å². The van der Waals surface area contributed by atoms with E-state index in [2.05, 4.69) is 10.4 Å². The van der Waals surface area contributed by atoms with Gasteiger partial charge in [-0.25, -0.2) is 4.79 Å². The summed E-state index contributed by atoms with van der Waals surface area (Å²) in [6, 6.07) is 0.0843. The van der Waals surface area contributed by atoms with E-state index in [9.17, 15) is 9.59 Å². The van der Waals surface area contributed by atoms with Crippen LogP contribution in [0.1, 0.15) is 50.1 Å². The maximum absolute atomic E-state index is 12.0. The molecule has 7 heteroatoms. The van der Waals surface area contributed by atoms with E-state index in [4.69, 9.17) is 5.11 Å². The van der Waals surface area contributed by atoms with E-state index in [0.29, 0.717) is 11.9 Å². The lowest BCUT2D eigenvalue weighted by molar-refractivity contribution is -0.137. The SMILES string of the molecule is Cc1cn(C2CCCCC2)nc1NC(=O)N(C)CCC(=O)O. The molecule has 0 radical (unpaired) electrons. The van der Waals surface area contributed by atoms with Crippen molar-refractivity contribution in [3.63, 3.8) is 0 Å².